The van der Waals surface area contributed by atoms with Gasteiger partial charge in [0.1, 0.15) is 0 Å². The number of halogens is 1. The van der Waals surface area contributed by atoms with Crippen molar-refractivity contribution in [2.75, 3.05) is 7.05 Å². The lowest BCUT2D eigenvalue weighted by Crippen LogP contribution is -2.40. The van der Waals surface area contributed by atoms with E-state index in [4.69, 9.17) is 5.73 Å². The highest BCUT2D eigenvalue weighted by atomic mass is 35.5. The largest absolute Gasteiger partial charge is 0.358 e. The molecule has 0 radical (unpaired) electrons. The minimum atomic E-state index is -0.511. The standard InChI is InChI=1S/C20H20N2O.ClH/c1-22-20(23)19(21)13-14-9-11-16(12-10-14)18-8-4-6-15-5-2-3-7-17(15)18;/h2-12,19H,13,21H2,1H3,(H,22,23);1H. The smallest absolute Gasteiger partial charge is 0.237 e. The Kier molecular flexibility index (Phi) is 5.96. The average Bonchev–Trinajstić information content (AvgIpc) is 2.61. The number of carbonyl (C=O) groups is 1. The molecule has 1 amide bonds. The molecule has 3 N–H and O–H groups in total. The van der Waals surface area contributed by atoms with Crippen molar-refractivity contribution in [3.8, 4) is 11.1 Å². The molecule has 24 heavy (non-hydrogen) atoms. The highest BCUT2D eigenvalue weighted by Crippen LogP contribution is 2.28. The molecule has 3 rings (SSSR count). The zero-order valence-electron chi connectivity index (χ0n) is 13.5. The van der Waals surface area contributed by atoms with Gasteiger partial charge in [0.05, 0.1) is 6.04 Å². The Hall–Kier alpha value is -2.36. The van der Waals surface area contributed by atoms with Crippen LogP contribution in [0.5, 0.6) is 0 Å². The zero-order valence-corrected chi connectivity index (χ0v) is 14.3. The van der Waals surface area contributed by atoms with Crippen molar-refractivity contribution < 1.29 is 4.79 Å². The number of amides is 1. The summed E-state index contributed by atoms with van der Waals surface area (Å²) in [6.07, 6.45) is 0.537. The van der Waals surface area contributed by atoms with Gasteiger partial charge in [0.25, 0.3) is 0 Å². The molecule has 0 aromatic heterocycles. The summed E-state index contributed by atoms with van der Waals surface area (Å²) in [5.74, 6) is -0.136. The third-order valence-electron chi connectivity index (χ3n) is 4.09. The SMILES string of the molecule is CNC(=O)C(N)Cc1ccc(-c2cccc3ccccc23)cc1.Cl. The molecular weight excluding hydrogens is 320 g/mol. The fourth-order valence-electron chi connectivity index (χ4n) is 2.83. The van der Waals surface area contributed by atoms with E-state index < -0.39 is 6.04 Å². The maximum atomic E-state index is 11.5. The summed E-state index contributed by atoms with van der Waals surface area (Å²) in [5, 5.41) is 5.05. The van der Waals surface area contributed by atoms with Crippen LogP contribution in [0.3, 0.4) is 0 Å². The summed E-state index contributed by atoms with van der Waals surface area (Å²) in [6.45, 7) is 0. The Morgan fingerprint density at radius 1 is 1.00 bits per heavy atom. The van der Waals surface area contributed by atoms with Crippen LogP contribution in [0.25, 0.3) is 21.9 Å². The van der Waals surface area contributed by atoms with Gasteiger partial charge in [0.2, 0.25) is 5.91 Å². The van der Waals surface area contributed by atoms with Crippen LogP contribution < -0.4 is 11.1 Å². The number of benzene rings is 3. The number of hydrogen-bond acceptors (Lipinski definition) is 2. The zero-order chi connectivity index (χ0) is 16.2. The number of carbonyl (C=O) groups excluding carboxylic acids is 1. The number of nitrogens with one attached hydrogen (secondary N) is 1. The van der Waals surface area contributed by atoms with Gasteiger partial charge < -0.3 is 11.1 Å². The van der Waals surface area contributed by atoms with E-state index in [1.165, 1.54) is 21.9 Å². The summed E-state index contributed by atoms with van der Waals surface area (Å²) >= 11 is 0. The van der Waals surface area contributed by atoms with Crippen LogP contribution in [0, 0.1) is 0 Å². The molecular formula is C20H21ClN2O. The van der Waals surface area contributed by atoms with Crippen molar-refractivity contribution in [2.24, 2.45) is 5.73 Å². The fourth-order valence-corrected chi connectivity index (χ4v) is 2.83. The molecule has 0 spiro atoms. The molecule has 1 atom stereocenters. The second kappa shape index (κ2) is 7.95. The van der Waals surface area contributed by atoms with E-state index in [0.717, 1.165) is 5.56 Å². The number of hydrogen-bond donors (Lipinski definition) is 2. The van der Waals surface area contributed by atoms with Crippen molar-refractivity contribution in [1.29, 1.82) is 0 Å². The van der Waals surface area contributed by atoms with Crippen LogP contribution >= 0.6 is 12.4 Å². The minimum absolute atomic E-state index is 0. The molecule has 0 saturated carbocycles. The topological polar surface area (TPSA) is 55.1 Å². The molecule has 0 heterocycles. The normalized spacial score (nSPS) is 11.6. The van der Waals surface area contributed by atoms with Gasteiger partial charge in [-0.2, -0.15) is 0 Å². The third-order valence-corrected chi connectivity index (χ3v) is 4.09. The highest BCUT2D eigenvalue weighted by molar-refractivity contribution is 5.96. The molecule has 124 valence electrons. The molecule has 0 aliphatic rings. The first-order valence-corrected chi connectivity index (χ1v) is 7.73. The monoisotopic (exact) mass is 340 g/mol. The Labute approximate surface area is 148 Å². The Bertz CT molecular complexity index is 825. The molecule has 0 aliphatic carbocycles. The Morgan fingerprint density at radius 2 is 1.67 bits per heavy atom. The van der Waals surface area contributed by atoms with Gasteiger partial charge in [-0.15, -0.1) is 12.4 Å². The van der Waals surface area contributed by atoms with Crippen molar-refractivity contribution >= 4 is 29.1 Å². The number of nitrogens with two attached hydrogens (primary N) is 1. The van der Waals surface area contributed by atoms with Crippen molar-refractivity contribution in [3.63, 3.8) is 0 Å². The van der Waals surface area contributed by atoms with Crippen LogP contribution in [-0.2, 0) is 11.2 Å². The maximum absolute atomic E-state index is 11.5. The van der Waals surface area contributed by atoms with Crippen LogP contribution in [0.1, 0.15) is 5.56 Å². The molecule has 1 unspecified atom stereocenters. The molecule has 3 nitrogen and oxygen atoms in total. The molecule has 0 saturated heterocycles. The van der Waals surface area contributed by atoms with E-state index in [2.05, 4.69) is 59.9 Å². The molecule has 0 bridgehead atoms. The number of likely N-dealkylation sites (N-methyl/N-ethyl adjacent to an activating group) is 1. The van der Waals surface area contributed by atoms with E-state index in [0.29, 0.717) is 6.42 Å². The van der Waals surface area contributed by atoms with E-state index >= 15 is 0 Å². The molecule has 4 heteroatoms. The fraction of sp³-hybridized carbons (Fsp3) is 0.150. The van der Waals surface area contributed by atoms with Gasteiger partial charge in [-0.25, -0.2) is 0 Å². The lowest BCUT2D eigenvalue weighted by Gasteiger charge is -2.11. The number of fused-ring (bicyclic) bond motifs is 1. The summed E-state index contributed by atoms with van der Waals surface area (Å²) < 4.78 is 0. The first kappa shape index (κ1) is 18.0. The maximum Gasteiger partial charge on any atom is 0.237 e. The first-order valence-electron chi connectivity index (χ1n) is 7.73. The molecule has 0 fully saturated rings. The van der Waals surface area contributed by atoms with E-state index in [9.17, 15) is 4.79 Å². The van der Waals surface area contributed by atoms with Gasteiger partial charge >= 0.3 is 0 Å². The average molecular weight is 341 g/mol. The van der Waals surface area contributed by atoms with Crippen LogP contribution in [0.15, 0.2) is 66.7 Å². The second-order valence-electron chi connectivity index (χ2n) is 5.65. The third kappa shape index (κ3) is 3.75. The highest BCUT2D eigenvalue weighted by Gasteiger charge is 2.12. The van der Waals surface area contributed by atoms with Gasteiger partial charge in [-0.1, -0.05) is 66.7 Å². The van der Waals surface area contributed by atoms with Crippen LogP contribution in [0.2, 0.25) is 0 Å². The van der Waals surface area contributed by atoms with Crippen LogP contribution in [-0.4, -0.2) is 19.0 Å². The van der Waals surface area contributed by atoms with Gasteiger partial charge in [0.15, 0.2) is 0 Å². The van der Waals surface area contributed by atoms with Crippen LogP contribution in [0.4, 0.5) is 0 Å². The van der Waals surface area contributed by atoms with Gasteiger partial charge in [0, 0.05) is 7.05 Å². The van der Waals surface area contributed by atoms with E-state index in [-0.39, 0.29) is 18.3 Å². The minimum Gasteiger partial charge on any atom is -0.358 e. The Morgan fingerprint density at radius 3 is 2.38 bits per heavy atom. The van der Waals surface area contributed by atoms with Gasteiger partial charge in [-0.3, -0.25) is 4.79 Å². The summed E-state index contributed by atoms with van der Waals surface area (Å²) in [4.78, 5) is 11.5. The summed E-state index contributed by atoms with van der Waals surface area (Å²) in [7, 11) is 1.60. The van der Waals surface area contributed by atoms with Crippen molar-refractivity contribution in [2.45, 2.75) is 12.5 Å². The van der Waals surface area contributed by atoms with Crippen molar-refractivity contribution in [1.82, 2.24) is 5.32 Å². The molecule has 3 aromatic carbocycles. The predicted molar refractivity (Wildman–Crippen MR) is 102 cm³/mol. The lowest BCUT2D eigenvalue weighted by atomic mass is 9.96. The number of rotatable bonds is 4. The van der Waals surface area contributed by atoms with E-state index in [1.54, 1.807) is 7.05 Å². The summed E-state index contributed by atoms with van der Waals surface area (Å²) in [5.41, 5.74) is 9.31. The lowest BCUT2D eigenvalue weighted by molar-refractivity contribution is -0.121. The van der Waals surface area contributed by atoms with Crippen molar-refractivity contribution in [3.05, 3.63) is 72.3 Å². The summed E-state index contributed by atoms with van der Waals surface area (Å²) in [6, 6.07) is 22.5. The predicted octanol–water partition coefficient (Wildman–Crippen LogP) is 3.54. The Balaban J connectivity index is 0.00000208. The molecule has 0 aliphatic heterocycles. The second-order valence-corrected chi connectivity index (χ2v) is 5.65. The molecule has 3 aromatic rings. The van der Waals surface area contributed by atoms with Gasteiger partial charge in [-0.05, 0) is 33.9 Å². The van der Waals surface area contributed by atoms with E-state index in [1.807, 2.05) is 12.1 Å². The quantitative estimate of drug-likeness (QED) is 0.763. The first-order chi connectivity index (χ1) is 11.2.